The minimum absolute atomic E-state index is 0.292. The number of aromatic nitrogens is 7. The van der Waals surface area contributed by atoms with Crippen molar-refractivity contribution in [2.24, 2.45) is 0 Å². The van der Waals surface area contributed by atoms with Gasteiger partial charge >= 0.3 is 0 Å². The highest BCUT2D eigenvalue weighted by atomic mass is 16.5. The molecule has 0 fully saturated rings. The lowest BCUT2D eigenvalue weighted by molar-refractivity contribution is 0.413. The Hall–Kier alpha value is -5.18. The summed E-state index contributed by atoms with van der Waals surface area (Å²) in [7, 11) is 3.17. The fourth-order valence-electron chi connectivity index (χ4n) is 3.32. The standard InChI is InChI=1S/C22H18N10O2/c1-33-17-3-4-20(24-11-17)29-19-8-21(30-32-16(9-23)10-25-22(19)32)28-14-5-15(7-18(6-14)34-2)31-12-26-27-13-31/h3-8,10-13H,1-2H3,(H,24,29)(H,28,30). The zero-order chi connectivity index (χ0) is 23.5. The maximum absolute atomic E-state index is 9.50. The molecule has 34 heavy (non-hydrogen) atoms. The molecular weight excluding hydrogens is 436 g/mol. The van der Waals surface area contributed by atoms with E-state index in [9.17, 15) is 5.26 Å². The van der Waals surface area contributed by atoms with Gasteiger partial charge in [-0.3, -0.25) is 4.57 Å². The summed E-state index contributed by atoms with van der Waals surface area (Å²) in [5.74, 6) is 2.33. The van der Waals surface area contributed by atoms with Crippen LogP contribution in [0.15, 0.2) is 61.4 Å². The molecule has 2 N–H and O–H groups in total. The van der Waals surface area contributed by atoms with Crippen molar-refractivity contribution in [2.75, 3.05) is 24.9 Å². The Balaban J connectivity index is 1.55. The van der Waals surface area contributed by atoms with Gasteiger partial charge in [-0.25, -0.2) is 9.97 Å². The number of fused-ring (bicyclic) bond motifs is 1. The van der Waals surface area contributed by atoms with Crippen LogP contribution in [0, 0.1) is 11.3 Å². The van der Waals surface area contributed by atoms with Crippen molar-refractivity contribution in [3.63, 3.8) is 0 Å². The summed E-state index contributed by atoms with van der Waals surface area (Å²) in [5, 5.41) is 28.3. The summed E-state index contributed by atoms with van der Waals surface area (Å²) in [6, 6.07) is 13.1. The minimum Gasteiger partial charge on any atom is -0.497 e. The first-order chi connectivity index (χ1) is 16.7. The zero-order valence-corrected chi connectivity index (χ0v) is 18.2. The average molecular weight is 454 g/mol. The van der Waals surface area contributed by atoms with Crippen LogP contribution in [0.25, 0.3) is 11.3 Å². The molecule has 0 spiro atoms. The highest BCUT2D eigenvalue weighted by molar-refractivity contribution is 5.77. The van der Waals surface area contributed by atoms with E-state index in [1.54, 1.807) is 55.8 Å². The first-order valence-corrected chi connectivity index (χ1v) is 10.0. The lowest BCUT2D eigenvalue weighted by Gasteiger charge is -2.13. The van der Waals surface area contributed by atoms with Crippen molar-refractivity contribution in [1.82, 2.24) is 34.3 Å². The molecular formula is C22H18N10O2. The Morgan fingerprint density at radius 2 is 1.71 bits per heavy atom. The van der Waals surface area contributed by atoms with Gasteiger partial charge < -0.3 is 20.1 Å². The normalized spacial score (nSPS) is 10.6. The van der Waals surface area contributed by atoms with Gasteiger partial charge in [-0.15, -0.1) is 15.3 Å². The number of imidazole rings is 1. The van der Waals surface area contributed by atoms with E-state index in [-0.39, 0.29) is 0 Å². The van der Waals surface area contributed by atoms with E-state index in [0.29, 0.717) is 45.9 Å². The monoisotopic (exact) mass is 454 g/mol. The lowest BCUT2D eigenvalue weighted by Crippen LogP contribution is -2.05. The van der Waals surface area contributed by atoms with Gasteiger partial charge in [0.1, 0.15) is 36.0 Å². The van der Waals surface area contributed by atoms with Crippen LogP contribution in [0.2, 0.25) is 0 Å². The first-order valence-electron chi connectivity index (χ1n) is 10.0. The molecule has 168 valence electrons. The van der Waals surface area contributed by atoms with E-state index < -0.39 is 0 Å². The molecule has 0 saturated heterocycles. The largest absolute Gasteiger partial charge is 0.497 e. The second kappa shape index (κ2) is 8.75. The number of ether oxygens (including phenoxy) is 2. The maximum Gasteiger partial charge on any atom is 0.179 e. The SMILES string of the molecule is COc1ccc(Nc2cc(Nc3cc(OC)cc(-n4cnnc4)c3)nn3c(C#N)cnc23)nc1. The van der Waals surface area contributed by atoms with Crippen LogP contribution in [-0.4, -0.2) is 48.6 Å². The molecule has 5 aromatic rings. The van der Waals surface area contributed by atoms with Gasteiger partial charge in [0.25, 0.3) is 0 Å². The van der Waals surface area contributed by atoms with Crippen molar-refractivity contribution in [3.8, 4) is 23.3 Å². The van der Waals surface area contributed by atoms with E-state index in [4.69, 9.17) is 9.47 Å². The molecule has 0 aliphatic carbocycles. The van der Waals surface area contributed by atoms with Crippen LogP contribution in [0.1, 0.15) is 5.69 Å². The smallest absolute Gasteiger partial charge is 0.179 e. The summed E-state index contributed by atoms with van der Waals surface area (Å²) < 4.78 is 13.8. The zero-order valence-electron chi connectivity index (χ0n) is 18.2. The fourth-order valence-corrected chi connectivity index (χ4v) is 3.32. The van der Waals surface area contributed by atoms with Crippen LogP contribution >= 0.6 is 0 Å². The number of hydrogen-bond donors (Lipinski definition) is 2. The molecule has 0 unspecified atom stereocenters. The number of pyridine rings is 1. The van der Waals surface area contributed by atoms with Gasteiger partial charge in [0.2, 0.25) is 0 Å². The van der Waals surface area contributed by atoms with Gasteiger partial charge in [0, 0.05) is 23.9 Å². The highest BCUT2D eigenvalue weighted by Gasteiger charge is 2.13. The molecule has 0 aliphatic rings. The van der Waals surface area contributed by atoms with Gasteiger partial charge in [-0.1, -0.05) is 0 Å². The Labute approximate surface area is 193 Å². The first kappa shape index (κ1) is 20.7. The van der Waals surface area contributed by atoms with Crippen molar-refractivity contribution in [1.29, 1.82) is 5.26 Å². The number of nitriles is 1. The second-order valence-electron chi connectivity index (χ2n) is 7.06. The predicted octanol–water partition coefficient (Wildman–Crippen LogP) is 3.08. The number of nitrogens with zero attached hydrogens (tertiary/aromatic N) is 8. The fraction of sp³-hybridized carbons (Fsp3) is 0.0909. The number of nitrogens with one attached hydrogen (secondary N) is 2. The Kier molecular flexibility index (Phi) is 5.33. The van der Waals surface area contributed by atoms with E-state index >= 15 is 0 Å². The molecule has 0 radical (unpaired) electrons. The Bertz CT molecular complexity index is 1490. The van der Waals surface area contributed by atoms with Crippen molar-refractivity contribution < 1.29 is 9.47 Å². The van der Waals surface area contributed by atoms with Gasteiger partial charge in [-0.2, -0.15) is 9.78 Å². The minimum atomic E-state index is 0.292. The third-order valence-electron chi connectivity index (χ3n) is 4.93. The number of benzene rings is 1. The molecule has 0 aliphatic heterocycles. The predicted molar refractivity (Wildman–Crippen MR) is 123 cm³/mol. The van der Waals surface area contributed by atoms with E-state index in [2.05, 4.69) is 42.0 Å². The number of hydrogen-bond acceptors (Lipinski definition) is 10. The van der Waals surface area contributed by atoms with Crippen LogP contribution in [0.4, 0.5) is 23.0 Å². The maximum atomic E-state index is 9.50. The third-order valence-corrected chi connectivity index (χ3v) is 4.93. The van der Waals surface area contributed by atoms with Gasteiger partial charge in [0.15, 0.2) is 17.2 Å². The Morgan fingerprint density at radius 3 is 2.41 bits per heavy atom. The summed E-state index contributed by atoms with van der Waals surface area (Å²) in [6.45, 7) is 0. The van der Waals surface area contributed by atoms with E-state index in [1.807, 2.05) is 18.2 Å². The summed E-state index contributed by atoms with van der Waals surface area (Å²) in [5.41, 5.74) is 2.89. The quantitative estimate of drug-likeness (QED) is 0.377. The van der Waals surface area contributed by atoms with E-state index in [0.717, 1.165) is 5.69 Å². The average Bonchev–Trinajstić information content (AvgIpc) is 3.55. The van der Waals surface area contributed by atoms with E-state index in [1.165, 1.54) is 10.7 Å². The molecule has 4 aromatic heterocycles. The summed E-state index contributed by atoms with van der Waals surface area (Å²) >= 11 is 0. The molecule has 0 amide bonds. The van der Waals surface area contributed by atoms with Crippen LogP contribution in [0.3, 0.4) is 0 Å². The van der Waals surface area contributed by atoms with Crippen molar-refractivity contribution in [3.05, 3.63) is 67.1 Å². The molecule has 12 nitrogen and oxygen atoms in total. The highest BCUT2D eigenvalue weighted by Crippen LogP contribution is 2.29. The summed E-state index contributed by atoms with van der Waals surface area (Å²) in [4.78, 5) is 8.69. The third kappa shape index (κ3) is 4.00. The number of rotatable bonds is 7. The number of methoxy groups -OCH3 is 2. The van der Waals surface area contributed by atoms with Gasteiger partial charge in [0.05, 0.1) is 38.0 Å². The number of anilines is 4. The molecule has 0 atom stereocenters. The van der Waals surface area contributed by atoms with Crippen molar-refractivity contribution in [2.45, 2.75) is 0 Å². The molecule has 1 aromatic carbocycles. The van der Waals surface area contributed by atoms with Crippen LogP contribution in [0.5, 0.6) is 11.5 Å². The molecule has 12 heteroatoms. The van der Waals surface area contributed by atoms with Gasteiger partial charge in [-0.05, 0) is 18.2 Å². The molecule has 0 saturated carbocycles. The second-order valence-corrected chi connectivity index (χ2v) is 7.06. The lowest BCUT2D eigenvalue weighted by atomic mass is 10.2. The topological polar surface area (TPSA) is 140 Å². The molecule has 5 rings (SSSR count). The van der Waals surface area contributed by atoms with Crippen molar-refractivity contribution >= 4 is 28.7 Å². The molecule has 4 heterocycles. The summed E-state index contributed by atoms with van der Waals surface area (Å²) in [6.07, 6.45) is 6.26. The Morgan fingerprint density at radius 1 is 0.882 bits per heavy atom. The molecule has 0 bridgehead atoms. The van der Waals surface area contributed by atoms with Crippen LogP contribution < -0.4 is 20.1 Å². The van der Waals surface area contributed by atoms with Crippen LogP contribution in [-0.2, 0) is 0 Å².